The molecule has 0 spiro atoms. The lowest BCUT2D eigenvalue weighted by Crippen LogP contribution is -2.34. The van der Waals surface area contributed by atoms with Crippen molar-refractivity contribution in [2.45, 2.75) is 57.0 Å². The Hall–Kier alpha value is -1.60. The largest absolute Gasteiger partial charge is 0.388 e. The molecule has 4 nitrogen and oxygen atoms in total. The van der Waals surface area contributed by atoms with Crippen molar-refractivity contribution in [3.05, 3.63) is 22.9 Å². The predicted octanol–water partition coefficient (Wildman–Crippen LogP) is 2.55. The second kappa shape index (κ2) is 5.41. The maximum Gasteiger partial charge on any atom is 0.144 e. The molecule has 4 heteroatoms. The van der Waals surface area contributed by atoms with Gasteiger partial charge in [-0.15, -0.1) is 0 Å². The number of aliphatic hydroxyl groups is 1. The van der Waals surface area contributed by atoms with Crippen molar-refractivity contribution >= 4 is 5.82 Å². The molecule has 0 atom stereocenters. The number of rotatable bonds is 3. The maximum absolute atomic E-state index is 10.4. The average Bonchev–Trinajstić information content (AvgIpc) is 2.91. The molecule has 2 aliphatic rings. The van der Waals surface area contributed by atoms with Gasteiger partial charge >= 0.3 is 0 Å². The molecule has 1 saturated carbocycles. The minimum absolute atomic E-state index is 0.494. The Balaban J connectivity index is 1.79. The van der Waals surface area contributed by atoms with E-state index in [1.165, 1.54) is 18.4 Å². The zero-order valence-corrected chi connectivity index (χ0v) is 11.8. The molecule has 1 heterocycles. The van der Waals surface area contributed by atoms with Crippen molar-refractivity contribution in [1.82, 2.24) is 4.98 Å². The average molecular weight is 271 g/mol. The van der Waals surface area contributed by atoms with Crippen molar-refractivity contribution in [2.24, 2.45) is 0 Å². The first-order valence-electron chi connectivity index (χ1n) is 7.59. The van der Waals surface area contributed by atoms with E-state index >= 15 is 0 Å². The Morgan fingerprint density at radius 2 is 2.00 bits per heavy atom. The normalized spacial score (nSPS) is 20.2. The van der Waals surface area contributed by atoms with E-state index in [0.717, 1.165) is 44.2 Å². The number of pyridine rings is 1. The van der Waals surface area contributed by atoms with Crippen LogP contribution < -0.4 is 5.32 Å². The summed E-state index contributed by atoms with van der Waals surface area (Å²) in [6, 6.07) is 4.20. The second-order valence-electron chi connectivity index (χ2n) is 6.09. The summed E-state index contributed by atoms with van der Waals surface area (Å²) in [6.45, 7) is 0.494. The summed E-state index contributed by atoms with van der Waals surface area (Å²) >= 11 is 0. The highest BCUT2D eigenvalue weighted by Crippen LogP contribution is 2.30. The first kappa shape index (κ1) is 13.4. The molecule has 20 heavy (non-hydrogen) atoms. The smallest absolute Gasteiger partial charge is 0.144 e. The molecule has 3 rings (SSSR count). The fraction of sp³-hybridized carbons (Fsp3) is 0.625. The SMILES string of the molecule is N#Cc1cc2c(nc1NCC1(O)CCCC1)CCCC2. The van der Waals surface area contributed by atoms with Crippen LogP contribution in [0.3, 0.4) is 0 Å². The number of aromatic nitrogens is 1. The minimum Gasteiger partial charge on any atom is -0.388 e. The van der Waals surface area contributed by atoms with Gasteiger partial charge in [0, 0.05) is 12.2 Å². The summed E-state index contributed by atoms with van der Waals surface area (Å²) < 4.78 is 0. The third-order valence-electron chi connectivity index (χ3n) is 4.54. The lowest BCUT2D eigenvalue weighted by Gasteiger charge is -2.24. The van der Waals surface area contributed by atoms with Crippen LogP contribution in [0.15, 0.2) is 6.07 Å². The van der Waals surface area contributed by atoms with Gasteiger partial charge in [-0.3, -0.25) is 0 Å². The molecule has 0 amide bonds. The first-order valence-corrected chi connectivity index (χ1v) is 7.59. The van der Waals surface area contributed by atoms with Crippen LogP contribution in [-0.4, -0.2) is 22.2 Å². The first-order chi connectivity index (χ1) is 9.70. The van der Waals surface area contributed by atoms with Crippen LogP contribution in [0.2, 0.25) is 0 Å². The number of aryl methyl sites for hydroxylation is 2. The monoisotopic (exact) mass is 271 g/mol. The van der Waals surface area contributed by atoms with E-state index in [2.05, 4.69) is 16.4 Å². The Labute approximate surface area is 119 Å². The van der Waals surface area contributed by atoms with Crippen molar-refractivity contribution in [2.75, 3.05) is 11.9 Å². The van der Waals surface area contributed by atoms with Gasteiger partial charge in [0.25, 0.3) is 0 Å². The van der Waals surface area contributed by atoms with Gasteiger partial charge in [-0.1, -0.05) is 12.8 Å². The molecule has 0 radical (unpaired) electrons. The molecular formula is C16H21N3O. The molecule has 0 aromatic carbocycles. The van der Waals surface area contributed by atoms with Crippen LogP contribution in [0.1, 0.15) is 55.3 Å². The number of nitriles is 1. The Morgan fingerprint density at radius 1 is 1.25 bits per heavy atom. The van der Waals surface area contributed by atoms with E-state index in [0.29, 0.717) is 17.9 Å². The van der Waals surface area contributed by atoms with Gasteiger partial charge in [-0.2, -0.15) is 5.26 Å². The van der Waals surface area contributed by atoms with Crippen molar-refractivity contribution in [3.8, 4) is 6.07 Å². The minimum atomic E-state index is -0.621. The van der Waals surface area contributed by atoms with E-state index in [9.17, 15) is 10.4 Å². The quantitative estimate of drug-likeness (QED) is 0.886. The molecule has 2 aliphatic carbocycles. The summed E-state index contributed by atoms with van der Waals surface area (Å²) in [5.41, 5.74) is 2.32. The van der Waals surface area contributed by atoms with Gasteiger partial charge in [-0.05, 0) is 50.2 Å². The third-order valence-corrected chi connectivity index (χ3v) is 4.54. The molecular weight excluding hydrogens is 250 g/mol. The number of fused-ring (bicyclic) bond motifs is 1. The number of nitrogens with zero attached hydrogens (tertiary/aromatic N) is 2. The molecule has 0 aliphatic heterocycles. The molecule has 0 saturated heterocycles. The third kappa shape index (κ3) is 2.64. The zero-order valence-electron chi connectivity index (χ0n) is 11.8. The Morgan fingerprint density at radius 3 is 2.75 bits per heavy atom. The van der Waals surface area contributed by atoms with Crippen LogP contribution >= 0.6 is 0 Å². The number of hydrogen-bond acceptors (Lipinski definition) is 4. The van der Waals surface area contributed by atoms with Crippen molar-refractivity contribution < 1.29 is 5.11 Å². The van der Waals surface area contributed by atoms with Crippen LogP contribution in [0.5, 0.6) is 0 Å². The van der Waals surface area contributed by atoms with E-state index in [1.54, 1.807) is 0 Å². The summed E-state index contributed by atoms with van der Waals surface area (Å²) in [5, 5.41) is 22.9. The predicted molar refractivity (Wildman–Crippen MR) is 77.5 cm³/mol. The number of anilines is 1. The van der Waals surface area contributed by atoms with Crippen LogP contribution in [-0.2, 0) is 12.8 Å². The lowest BCUT2D eigenvalue weighted by atomic mass is 9.95. The zero-order chi connectivity index (χ0) is 14.0. The summed E-state index contributed by atoms with van der Waals surface area (Å²) in [4.78, 5) is 4.63. The van der Waals surface area contributed by atoms with Crippen molar-refractivity contribution in [3.63, 3.8) is 0 Å². The number of hydrogen-bond donors (Lipinski definition) is 2. The highest BCUT2D eigenvalue weighted by Gasteiger charge is 2.31. The van der Waals surface area contributed by atoms with Gasteiger partial charge in [0.15, 0.2) is 0 Å². The molecule has 1 aromatic rings. The van der Waals surface area contributed by atoms with E-state index in [1.807, 2.05) is 6.07 Å². The topological polar surface area (TPSA) is 68.9 Å². The molecule has 2 N–H and O–H groups in total. The number of nitrogens with one attached hydrogen (secondary N) is 1. The highest BCUT2D eigenvalue weighted by atomic mass is 16.3. The fourth-order valence-corrected chi connectivity index (χ4v) is 3.31. The van der Waals surface area contributed by atoms with E-state index < -0.39 is 5.60 Å². The van der Waals surface area contributed by atoms with Gasteiger partial charge in [-0.25, -0.2) is 4.98 Å². The van der Waals surface area contributed by atoms with Gasteiger partial charge in [0.2, 0.25) is 0 Å². The molecule has 1 aromatic heterocycles. The lowest BCUT2D eigenvalue weighted by molar-refractivity contribution is 0.0614. The van der Waals surface area contributed by atoms with Crippen LogP contribution in [0, 0.1) is 11.3 Å². The summed E-state index contributed by atoms with van der Waals surface area (Å²) in [5.74, 6) is 0.647. The molecule has 0 unspecified atom stereocenters. The van der Waals surface area contributed by atoms with Crippen molar-refractivity contribution in [1.29, 1.82) is 5.26 Å². The van der Waals surface area contributed by atoms with Gasteiger partial charge in [0.1, 0.15) is 11.9 Å². The standard InChI is InChI=1S/C16H21N3O/c17-10-13-9-12-5-1-2-6-14(12)19-15(13)18-11-16(20)7-3-4-8-16/h9,20H,1-8,11H2,(H,18,19). The van der Waals surface area contributed by atoms with Gasteiger partial charge in [0.05, 0.1) is 11.2 Å². The van der Waals surface area contributed by atoms with Crippen LogP contribution in [0.25, 0.3) is 0 Å². The highest BCUT2D eigenvalue weighted by molar-refractivity contribution is 5.54. The molecule has 106 valence electrons. The fourth-order valence-electron chi connectivity index (χ4n) is 3.31. The van der Waals surface area contributed by atoms with Crippen LogP contribution in [0.4, 0.5) is 5.82 Å². The Bertz CT molecular complexity index is 541. The summed E-state index contributed by atoms with van der Waals surface area (Å²) in [7, 11) is 0. The Kier molecular flexibility index (Phi) is 3.62. The molecule has 0 bridgehead atoms. The van der Waals surface area contributed by atoms with E-state index in [4.69, 9.17) is 0 Å². The molecule has 1 fully saturated rings. The van der Waals surface area contributed by atoms with Gasteiger partial charge < -0.3 is 10.4 Å². The summed E-state index contributed by atoms with van der Waals surface area (Å²) in [6.07, 6.45) is 8.24. The van der Waals surface area contributed by atoms with E-state index in [-0.39, 0.29) is 0 Å². The maximum atomic E-state index is 10.4. The second-order valence-corrected chi connectivity index (χ2v) is 6.09.